The molecule has 2 fully saturated rings. The predicted molar refractivity (Wildman–Crippen MR) is 75.8 cm³/mol. The highest BCUT2D eigenvalue weighted by Crippen LogP contribution is 2.28. The molecule has 114 valence electrons. The Labute approximate surface area is 125 Å². The minimum atomic E-state index is -0.500. The van der Waals surface area contributed by atoms with E-state index in [-0.39, 0.29) is 24.6 Å². The normalized spacial score (nSPS) is 27.9. The third kappa shape index (κ3) is 3.34. The number of carbonyl (C=O) groups excluding carboxylic acids is 1. The molecule has 1 aliphatic heterocycles. The molecule has 1 heterocycles. The largest absolute Gasteiger partial charge is 0.394 e. The predicted octanol–water partition coefficient (Wildman–Crippen LogP) is 0.678. The molecule has 21 heavy (non-hydrogen) atoms. The highest BCUT2D eigenvalue weighted by atomic mass is 16.3. The number of hydrogen-bond donors (Lipinski definition) is 2. The first-order valence-corrected chi connectivity index (χ1v) is 7.62. The SMILES string of the molecule is N#C[C@@H]1CC[C@H](C#N)N1C(=O)CNC1(CO)CCCCC1. The smallest absolute Gasteiger partial charge is 0.238 e. The Morgan fingerprint density at radius 2 is 1.76 bits per heavy atom. The maximum atomic E-state index is 12.4. The highest BCUT2D eigenvalue weighted by Gasteiger charge is 2.38. The molecule has 0 radical (unpaired) electrons. The molecule has 0 aromatic heterocycles. The summed E-state index contributed by atoms with van der Waals surface area (Å²) in [5.74, 6) is -0.219. The Bertz CT molecular complexity index is 437. The van der Waals surface area contributed by atoms with E-state index in [4.69, 9.17) is 10.5 Å². The van der Waals surface area contributed by atoms with Crippen LogP contribution >= 0.6 is 0 Å². The fraction of sp³-hybridized carbons (Fsp3) is 0.800. The number of nitriles is 2. The molecule has 0 bridgehead atoms. The van der Waals surface area contributed by atoms with Crippen LogP contribution in [-0.4, -0.2) is 46.7 Å². The molecule has 6 heteroatoms. The molecule has 6 nitrogen and oxygen atoms in total. The fourth-order valence-electron chi connectivity index (χ4n) is 3.39. The van der Waals surface area contributed by atoms with Gasteiger partial charge in [0.05, 0.1) is 25.3 Å². The zero-order chi connectivity index (χ0) is 15.3. The molecule has 2 aliphatic rings. The fourth-order valence-corrected chi connectivity index (χ4v) is 3.39. The maximum absolute atomic E-state index is 12.4. The van der Waals surface area contributed by atoms with E-state index in [0.717, 1.165) is 32.1 Å². The van der Waals surface area contributed by atoms with Crippen molar-refractivity contribution in [1.29, 1.82) is 10.5 Å². The van der Waals surface area contributed by atoms with Gasteiger partial charge in [-0.3, -0.25) is 4.79 Å². The zero-order valence-corrected chi connectivity index (χ0v) is 12.2. The summed E-state index contributed by atoms with van der Waals surface area (Å²) in [5.41, 5.74) is -0.377. The second-order valence-corrected chi connectivity index (χ2v) is 6.02. The van der Waals surface area contributed by atoms with Crippen LogP contribution < -0.4 is 5.32 Å². The van der Waals surface area contributed by atoms with E-state index in [0.29, 0.717) is 12.8 Å². The monoisotopic (exact) mass is 290 g/mol. The maximum Gasteiger partial charge on any atom is 0.238 e. The molecule has 1 saturated heterocycles. The Kier molecular flexibility index (Phi) is 5.17. The van der Waals surface area contributed by atoms with Crippen LogP contribution in [-0.2, 0) is 4.79 Å². The summed E-state index contributed by atoms with van der Waals surface area (Å²) in [6, 6.07) is 3.20. The molecule has 2 atom stereocenters. The second-order valence-electron chi connectivity index (χ2n) is 6.02. The van der Waals surface area contributed by atoms with Crippen LogP contribution in [0.15, 0.2) is 0 Å². The van der Waals surface area contributed by atoms with E-state index >= 15 is 0 Å². The average molecular weight is 290 g/mol. The van der Waals surface area contributed by atoms with Crippen molar-refractivity contribution in [3.8, 4) is 12.1 Å². The van der Waals surface area contributed by atoms with Crippen molar-refractivity contribution in [3.05, 3.63) is 0 Å². The Morgan fingerprint density at radius 3 is 2.24 bits per heavy atom. The van der Waals surface area contributed by atoms with E-state index in [1.807, 2.05) is 0 Å². The minimum Gasteiger partial charge on any atom is -0.394 e. The van der Waals surface area contributed by atoms with Crippen LogP contribution in [0.3, 0.4) is 0 Å². The van der Waals surface area contributed by atoms with Crippen molar-refractivity contribution < 1.29 is 9.90 Å². The summed E-state index contributed by atoms with van der Waals surface area (Å²) >= 11 is 0. The standard InChI is InChI=1S/C15H22N4O2/c16-8-12-4-5-13(9-17)19(12)14(21)10-18-15(11-20)6-2-1-3-7-15/h12-13,18,20H,1-7,10-11H2/t12-,13+. The van der Waals surface area contributed by atoms with E-state index in [1.165, 1.54) is 4.90 Å². The lowest BCUT2D eigenvalue weighted by molar-refractivity contribution is -0.131. The lowest BCUT2D eigenvalue weighted by Crippen LogP contribution is -2.54. The molecule has 1 aliphatic carbocycles. The van der Waals surface area contributed by atoms with Crippen LogP contribution in [0.2, 0.25) is 0 Å². The number of likely N-dealkylation sites (tertiary alicyclic amines) is 1. The average Bonchev–Trinajstić information content (AvgIpc) is 2.96. The van der Waals surface area contributed by atoms with Gasteiger partial charge in [0.15, 0.2) is 0 Å². The van der Waals surface area contributed by atoms with Gasteiger partial charge in [-0.05, 0) is 25.7 Å². The molecular weight excluding hydrogens is 268 g/mol. The van der Waals surface area contributed by atoms with Crippen LogP contribution in [0.5, 0.6) is 0 Å². The van der Waals surface area contributed by atoms with Crippen molar-refractivity contribution in [3.63, 3.8) is 0 Å². The van der Waals surface area contributed by atoms with Gasteiger partial charge in [-0.1, -0.05) is 19.3 Å². The summed E-state index contributed by atoms with van der Waals surface area (Å²) < 4.78 is 0. The van der Waals surface area contributed by atoms with E-state index in [2.05, 4.69) is 17.5 Å². The van der Waals surface area contributed by atoms with Gasteiger partial charge in [0, 0.05) is 5.54 Å². The number of amides is 1. The Morgan fingerprint density at radius 1 is 1.19 bits per heavy atom. The molecule has 0 unspecified atom stereocenters. The second kappa shape index (κ2) is 6.89. The van der Waals surface area contributed by atoms with Gasteiger partial charge in [-0.15, -0.1) is 0 Å². The lowest BCUT2D eigenvalue weighted by atomic mass is 9.82. The summed E-state index contributed by atoms with van der Waals surface area (Å²) in [6.07, 6.45) is 6.11. The van der Waals surface area contributed by atoms with Crippen LogP contribution in [0.4, 0.5) is 0 Å². The van der Waals surface area contributed by atoms with Crippen LogP contribution in [0, 0.1) is 22.7 Å². The first-order valence-electron chi connectivity index (χ1n) is 7.62. The van der Waals surface area contributed by atoms with Gasteiger partial charge in [-0.2, -0.15) is 10.5 Å². The number of nitrogens with one attached hydrogen (secondary N) is 1. The van der Waals surface area contributed by atoms with Crippen molar-refractivity contribution in [2.45, 2.75) is 62.6 Å². The van der Waals surface area contributed by atoms with Gasteiger partial charge in [0.2, 0.25) is 5.91 Å². The van der Waals surface area contributed by atoms with Crippen molar-refractivity contribution in [2.75, 3.05) is 13.2 Å². The Hall–Kier alpha value is -1.63. The number of nitrogens with zero attached hydrogens (tertiary/aromatic N) is 3. The van der Waals surface area contributed by atoms with Gasteiger partial charge in [0.1, 0.15) is 12.1 Å². The molecule has 0 spiro atoms. The first kappa shape index (κ1) is 15.8. The molecule has 2 N–H and O–H groups in total. The topological polar surface area (TPSA) is 100 Å². The number of hydrogen-bond acceptors (Lipinski definition) is 5. The van der Waals surface area contributed by atoms with Crippen LogP contribution in [0.1, 0.15) is 44.9 Å². The number of aliphatic hydroxyl groups is 1. The van der Waals surface area contributed by atoms with Gasteiger partial charge < -0.3 is 15.3 Å². The van der Waals surface area contributed by atoms with Gasteiger partial charge in [0.25, 0.3) is 0 Å². The number of rotatable bonds is 4. The van der Waals surface area contributed by atoms with E-state index in [1.54, 1.807) is 0 Å². The van der Waals surface area contributed by atoms with E-state index < -0.39 is 12.1 Å². The van der Waals surface area contributed by atoms with E-state index in [9.17, 15) is 9.90 Å². The number of aliphatic hydroxyl groups excluding tert-OH is 1. The summed E-state index contributed by atoms with van der Waals surface area (Å²) in [4.78, 5) is 13.8. The van der Waals surface area contributed by atoms with Crippen molar-refractivity contribution in [1.82, 2.24) is 10.2 Å². The number of carbonyl (C=O) groups is 1. The third-order valence-electron chi connectivity index (χ3n) is 4.70. The lowest BCUT2D eigenvalue weighted by Gasteiger charge is -2.37. The van der Waals surface area contributed by atoms with Crippen molar-refractivity contribution in [2.24, 2.45) is 0 Å². The third-order valence-corrected chi connectivity index (χ3v) is 4.70. The quantitative estimate of drug-likeness (QED) is 0.793. The molecule has 1 amide bonds. The van der Waals surface area contributed by atoms with Crippen molar-refractivity contribution >= 4 is 5.91 Å². The zero-order valence-electron chi connectivity index (χ0n) is 12.2. The van der Waals surface area contributed by atoms with Gasteiger partial charge in [-0.25, -0.2) is 0 Å². The molecule has 0 aromatic carbocycles. The Balaban J connectivity index is 1.97. The molecule has 2 rings (SSSR count). The van der Waals surface area contributed by atoms with Gasteiger partial charge >= 0.3 is 0 Å². The van der Waals surface area contributed by atoms with Crippen LogP contribution in [0.25, 0.3) is 0 Å². The molecule has 1 saturated carbocycles. The summed E-state index contributed by atoms with van der Waals surface area (Å²) in [6.45, 7) is 0.0978. The molecular formula is C15H22N4O2. The molecule has 0 aromatic rings. The minimum absolute atomic E-state index is 0.0175. The highest BCUT2D eigenvalue weighted by molar-refractivity contribution is 5.80. The summed E-state index contributed by atoms with van der Waals surface area (Å²) in [5, 5.41) is 31.0. The first-order chi connectivity index (χ1) is 10.2. The summed E-state index contributed by atoms with van der Waals surface area (Å²) in [7, 11) is 0.